The van der Waals surface area contributed by atoms with Crippen molar-refractivity contribution in [2.24, 2.45) is 0 Å². The molecule has 1 saturated heterocycles. The van der Waals surface area contributed by atoms with Crippen molar-refractivity contribution in [2.45, 2.75) is 45.1 Å². The predicted octanol–water partition coefficient (Wildman–Crippen LogP) is 3.98. The lowest BCUT2D eigenvalue weighted by atomic mass is 10.1. The second-order valence-electron chi connectivity index (χ2n) is 8.19. The molecule has 0 spiro atoms. The third-order valence-electron chi connectivity index (χ3n) is 6.18. The van der Waals surface area contributed by atoms with E-state index in [1.165, 1.54) is 12.8 Å². The topological polar surface area (TPSA) is 67.2 Å². The van der Waals surface area contributed by atoms with Gasteiger partial charge in [0.1, 0.15) is 5.82 Å². The Bertz CT molecular complexity index is 1160. The maximum atomic E-state index is 13.0. The fourth-order valence-corrected chi connectivity index (χ4v) is 4.57. The normalized spacial score (nSPS) is 16.3. The van der Waals surface area contributed by atoms with Crippen molar-refractivity contribution in [3.05, 3.63) is 64.2 Å². The van der Waals surface area contributed by atoms with Crippen molar-refractivity contribution < 1.29 is 4.79 Å². The van der Waals surface area contributed by atoms with E-state index in [-0.39, 0.29) is 11.5 Å². The zero-order valence-electron chi connectivity index (χ0n) is 17.1. The summed E-state index contributed by atoms with van der Waals surface area (Å²) in [5.74, 6) is 0.655. The Morgan fingerprint density at radius 2 is 1.73 bits per heavy atom. The quantitative estimate of drug-likeness (QED) is 0.720. The summed E-state index contributed by atoms with van der Waals surface area (Å²) in [6.07, 6.45) is 6.34. The van der Waals surface area contributed by atoms with Gasteiger partial charge in [0.15, 0.2) is 0 Å². The van der Waals surface area contributed by atoms with Gasteiger partial charge in [0.25, 0.3) is 11.5 Å². The Morgan fingerprint density at radius 3 is 2.60 bits per heavy atom. The molecule has 0 bridgehead atoms. The first-order valence-corrected chi connectivity index (χ1v) is 10.9. The maximum absolute atomic E-state index is 13.0. The summed E-state index contributed by atoms with van der Waals surface area (Å²) in [5, 5.41) is 3.64. The number of benzene rings is 2. The molecule has 2 aliphatic heterocycles. The van der Waals surface area contributed by atoms with Gasteiger partial charge in [-0.3, -0.25) is 14.2 Å². The van der Waals surface area contributed by atoms with Gasteiger partial charge in [-0.1, -0.05) is 18.6 Å². The first-order chi connectivity index (χ1) is 14.7. The minimum absolute atomic E-state index is 0.00300. The summed E-state index contributed by atoms with van der Waals surface area (Å²) in [5.41, 5.74) is 3.01. The van der Waals surface area contributed by atoms with Gasteiger partial charge in [0.05, 0.1) is 22.3 Å². The molecule has 6 heteroatoms. The molecule has 1 fully saturated rings. The molecule has 0 atom stereocenters. The standard InChI is InChI=1S/C24H26N4O2/c29-23(26-19-8-3-4-9-21(19)27-13-6-7-14-27)17-11-12-18-20(16-17)25-22-10-2-1-5-15-28(22)24(18)30/h3-4,8-9,11-12,16H,1-2,5-7,10,13-15H2,(H,26,29). The Hall–Kier alpha value is -3.15. The molecule has 5 rings (SSSR count). The van der Waals surface area contributed by atoms with E-state index in [1.54, 1.807) is 22.8 Å². The van der Waals surface area contributed by atoms with Crippen LogP contribution in [0.15, 0.2) is 47.3 Å². The van der Waals surface area contributed by atoms with Crippen LogP contribution in [0.25, 0.3) is 10.9 Å². The summed E-state index contributed by atoms with van der Waals surface area (Å²) in [7, 11) is 0. The monoisotopic (exact) mass is 402 g/mol. The maximum Gasteiger partial charge on any atom is 0.261 e. The molecule has 0 saturated carbocycles. The molecule has 6 nitrogen and oxygen atoms in total. The lowest BCUT2D eigenvalue weighted by molar-refractivity contribution is 0.102. The molecule has 3 heterocycles. The molecule has 0 unspecified atom stereocenters. The third kappa shape index (κ3) is 3.47. The predicted molar refractivity (Wildman–Crippen MR) is 119 cm³/mol. The van der Waals surface area contributed by atoms with Gasteiger partial charge < -0.3 is 10.2 Å². The van der Waals surface area contributed by atoms with Gasteiger partial charge in [-0.15, -0.1) is 0 Å². The summed E-state index contributed by atoms with van der Waals surface area (Å²) < 4.78 is 1.81. The summed E-state index contributed by atoms with van der Waals surface area (Å²) >= 11 is 0. The zero-order valence-corrected chi connectivity index (χ0v) is 17.1. The molecule has 1 amide bonds. The van der Waals surface area contributed by atoms with Crippen LogP contribution in [0, 0.1) is 0 Å². The van der Waals surface area contributed by atoms with Gasteiger partial charge in [-0.2, -0.15) is 0 Å². The summed E-state index contributed by atoms with van der Waals surface area (Å²) in [4.78, 5) is 33.0. The molecule has 1 aromatic heterocycles. The highest BCUT2D eigenvalue weighted by Crippen LogP contribution is 2.29. The number of anilines is 2. The van der Waals surface area contributed by atoms with Crippen molar-refractivity contribution in [3.8, 4) is 0 Å². The number of para-hydroxylation sites is 2. The van der Waals surface area contributed by atoms with Crippen LogP contribution in [0.1, 0.15) is 48.3 Å². The van der Waals surface area contributed by atoms with E-state index >= 15 is 0 Å². The second-order valence-corrected chi connectivity index (χ2v) is 8.19. The molecule has 2 aromatic carbocycles. The lowest BCUT2D eigenvalue weighted by Gasteiger charge is -2.21. The van der Waals surface area contributed by atoms with E-state index in [4.69, 9.17) is 4.98 Å². The highest BCUT2D eigenvalue weighted by atomic mass is 16.1. The minimum Gasteiger partial charge on any atom is -0.370 e. The van der Waals surface area contributed by atoms with Crippen LogP contribution >= 0.6 is 0 Å². The van der Waals surface area contributed by atoms with Crippen LogP contribution in [-0.4, -0.2) is 28.5 Å². The Labute approximate surface area is 175 Å². The van der Waals surface area contributed by atoms with Crippen LogP contribution in [0.5, 0.6) is 0 Å². The van der Waals surface area contributed by atoms with Gasteiger partial charge in [-0.25, -0.2) is 4.98 Å². The number of aryl methyl sites for hydroxylation is 1. The number of nitrogens with one attached hydrogen (secondary N) is 1. The highest BCUT2D eigenvalue weighted by Gasteiger charge is 2.18. The molecule has 0 aliphatic carbocycles. The van der Waals surface area contributed by atoms with E-state index in [0.29, 0.717) is 16.5 Å². The van der Waals surface area contributed by atoms with Crippen molar-refractivity contribution >= 4 is 28.2 Å². The van der Waals surface area contributed by atoms with E-state index < -0.39 is 0 Å². The molecule has 154 valence electrons. The Morgan fingerprint density at radius 1 is 0.933 bits per heavy atom. The van der Waals surface area contributed by atoms with E-state index in [0.717, 1.165) is 62.5 Å². The molecule has 2 aliphatic rings. The Kier molecular flexibility index (Phi) is 4.99. The SMILES string of the molecule is O=C(Nc1ccccc1N1CCCC1)c1ccc2c(=O)n3c(nc2c1)CCCCC3. The van der Waals surface area contributed by atoms with Crippen LogP contribution < -0.4 is 15.8 Å². The molecular weight excluding hydrogens is 376 g/mol. The number of hydrogen-bond donors (Lipinski definition) is 1. The number of fused-ring (bicyclic) bond motifs is 2. The summed E-state index contributed by atoms with van der Waals surface area (Å²) in [6.45, 7) is 2.76. The fraction of sp³-hybridized carbons (Fsp3) is 0.375. The van der Waals surface area contributed by atoms with Crippen LogP contribution in [-0.2, 0) is 13.0 Å². The van der Waals surface area contributed by atoms with E-state index in [2.05, 4.69) is 16.3 Å². The number of amides is 1. The van der Waals surface area contributed by atoms with Gasteiger partial charge in [-0.05, 0) is 56.0 Å². The molecular formula is C24H26N4O2. The third-order valence-corrected chi connectivity index (χ3v) is 6.18. The van der Waals surface area contributed by atoms with Crippen molar-refractivity contribution in [3.63, 3.8) is 0 Å². The average Bonchev–Trinajstić information content (AvgIpc) is 3.19. The summed E-state index contributed by atoms with van der Waals surface area (Å²) in [6, 6.07) is 13.1. The van der Waals surface area contributed by atoms with Gasteiger partial charge in [0.2, 0.25) is 0 Å². The first-order valence-electron chi connectivity index (χ1n) is 10.9. The number of carbonyl (C=O) groups is 1. The second kappa shape index (κ2) is 7.94. The molecule has 0 radical (unpaired) electrons. The van der Waals surface area contributed by atoms with Crippen molar-refractivity contribution in [1.29, 1.82) is 0 Å². The number of hydrogen-bond acceptors (Lipinski definition) is 4. The number of nitrogens with zero attached hydrogens (tertiary/aromatic N) is 3. The molecule has 3 aromatic rings. The first kappa shape index (κ1) is 18.9. The minimum atomic E-state index is -0.180. The molecule has 30 heavy (non-hydrogen) atoms. The number of aromatic nitrogens is 2. The molecule has 1 N–H and O–H groups in total. The van der Waals surface area contributed by atoms with Crippen LogP contribution in [0.4, 0.5) is 11.4 Å². The van der Waals surface area contributed by atoms with Crippen molar-refractivity contribution in [1.82, 2.24) is 9.55 Å². The smallest absolute Gasteiger partial charge is 0.261 e. The Balaban J connectivity index is 1.47. The van der Waals surface area contributed by atoms with Gasteiger partial charge >= 0.3 is 0 Å². The number of rotatable bonds is 3. The van der Waals surface area contributed by atoms with Crippen molar-refractivity contribution in [2.75, 3.05) is 23.3 Å². The van der Waals surface area contributed by atoms with E-state index in [1.807, 2.05) is 18.2 Å². The highest BCUT2D eigenvalue weighted by molar-refractivity contribution is 6.07. The van der Waals surface area contributed by atoms with Gasteiger partial charge in [0, 0.05) is 31.6 Å². The van der Waals surface area contributed by atoms with Crippen LogP contribution in [0.2, 0.25) is 0 Å². The van der Waals surface area contributed by atoms with E-state index in [9.17, 15) is 9.59 Å². The largest absolute Gasteiger partial charge is 0.370 e. The number of carbonyl (C=O) groups excluding carboxylic acids is 1. The fourth-order valence-electron chi connectivity index (χ4n) is 4.57. The average molecular weight is 402 g/mol. The van der Waals surface area contributed by atoms with Crippen LogP contribution in [0.3, 0.4) is 0 Å². The zero-order chi connectivity index (χ0) is 20.5. The lowest BCUT2D eigenvalue weighted by Crippen LogP contribution is -2.25.